The van der Waals surface area contributed by atoms with Crippen molar-refractivity contribution in [2.75, 3.05) is 38.1 Å². The molecule has 10 heteroatoms. The Hall–Kier alpha value is -3.11. The van der Waals surface area contributed by atoms with Gasteiger partial charge in [0.05, 0.1) is 6.54 Å². The molecule has 10 nitrogen and oxygen atoms in total. The fourth-order valence-electron chi connectivity index (χ4n) is 3.50. The number of rotatable bonds is 11. The van der Waals surface area contributed by atoms with Gasteiger partial charge in [0.15, 0.2) is 11.2 Å². The molecule has 0 aliphatic carbocycles. The van der Waals surface area contributed by atoms with Crippen LogP contribution < -0.4 is 21.3 Å². The van der Waals surface area contributed by atoms with Crippen LogP contribution in [0.25, 0.3) is 11.2 Å². The molecule has 0 aliphatic rings. The first-order valence-electron chi connectivity index (χ1n) is 10.9. The first-order valence-corrected chi connectivity index (χ1v) is 10.9. The Morgan fingerprint density at radius 2 is 1.91 bits per heavy atom. The summed E-state index contributed by atoms with van der Waals surface area (Å²) in [6.07, 6.45) is -0.895. The van der Waals surface area contributed by atoms with Gasteiger partial charge < -0.3 is 24.6 Å². The highest BCUT2D eigenvalue weighted by atomic mass is 16.5. The maximum absolute atomic E-state index is 12.6. The van der Waals surface area contributed by atoms with Crippen molar-refractivity contribution in [2.24, 2.45) is 7.05 Å². The molecule has 0 aliphatic heterocycles. The molecule has 3 rings (SSSR count). The molecular weight excluding hydrogens is 412 g/mol. The van der Waals surface area contributed by atoms with E-state index >= 15 is 0 Å². The molecule has 174 valence electrons. The summed E-state index contributed by atoms with van der Waals surface area (Å²) in [6, 6.07) is 7.55. The topological polar surface area (TPSA) is 117 Å². The van der Waals surface area contributed by atoms with E-state index in [0.29, 0.717) is 18.2 Å². The summed E-state index contributed by atoms with van der Waals surface area (Å²) in [5, 5.41) is 13.9. The summed E-state index contributed by atoms with van der Waals surface area (Å²) in [6.45, 7) is 9.56. The summed E-state index contributed by atoms with van der Waals surface area (Å²) in [5.74, 6) is 1.08. The van der Waals surface area contributed by atoms with E-state index in [2.05, 4.69) is 34.0 Å². The Kier molecular flexibility index (Phi) is 7.70. The molecule has 2 heterocycles. The molecule has 0 radical (unpaired) electrons. The van der Waals surface area contributed by atoms with Crippen LogP contribution >= 0.6 is 0 Å². The fraction of sp³-hybridized carbons (Fsp3) is 0.500. The maximum atomic E-state index is 12.6. The largest absolute Gasteiger partial charge is 0.491 e. The molecule has 1 atom stereocenters. The van der Waals surface area contributed by atoms with Crippen LogP contribution in [-0.2, 0) is 13.6 Å². The molecule has 0 fully saturated rings. The second-order valence-corrected chi connectivity index (χ2v) is 7.77. The van der Waals surface area contributed by atoms with Crippen molar-refractivity contribution in [3.63, 3.8) is 0 Å². The van der Waals surface area contributed by atoms with Crippen molar-refractivity contribution in [2.45, 2.75) is 33.4 Å². The average molecular weight is 445 g/mol. The number of imidazole rings is 1. The maximum Gasteiger partial charge on any atom is 0.329 e. The number of likely N-dealkylation sites (N-methyl/N-ethyl adjacent to an activating group) is 1. The van der Waals surface area contributed by atoms with Gasteiger partial charge in [0.2, 0.25) is 5.95 Å². The van der Waals surface area contributed by atoms with Crippen molar-refractivity contribution in [3.05, 3.63) is 50.7 Å². The minimum Gasteiger partial charge on any atom is -0.491 e. The molecule has 0 saturated heterocycles. The molecule has 3 N–H and O–H groups in total. The molecule has 2 aromatic heterocycles. The van der Waals surface area contributed by atoms with Gasteiger partial charge in [-0.2, -0.15) is 4.98 Å². The second-order valence-electron chi connectivity index (χ2n) is 7.77. The molecule has 0 saturated carbocycles. The Labute approximate surface area is 186 Å². The van der Waals surface area contributed by atoms with Crippen molar-refractivity contribution >= 4 is 17.1 Å². The number of aliphatic hydroxyl groups is 1. The second kappa shape index (κ2) is 10.5. The minimum absolute atomic E-state index is 0.0469. The van der Waals surface area contributed by atoms with Crippen LogP contribution in [0.1, 0.15) is 19.4 Å². The van der Waals surface area contributed by atoms with Gasteiger partial charge in [-0.1, -0.05) is 31.5 Å². The van der Waals surface area contributed by atoms with Crippen LogP contribution in [0.5, 0.6) is 5.75 Å². The number of hydrogen-bond acceptors (Lipinski definition) is 7. The molecule has 1 unspecified atom stereocenters. The lowest BCUT2D eigenvalue weighted by atomic mass is 10.2. The third kappa shape index (κ3) is 5.38. The quantitative estimate of drug-likeness (QED) is 0.403. The van der Waals surface area contributed by atoms with Crippen LogP contribution in [0.4, 0.5) is 5.95 Å². The monoisotopic (exact) mass is 444 g/mol. The van der Waals surface area contributed by atoms with E-state index < -0.39 is 17.4 Å². The number of aromatic amines is 1. The zero-order valence-electron chi connectivity index (χ0n) is 19.1. The zero-order chi connectivity index (χ0) is 23.3. The smallest absolute Gasteiger partial charge is 0.329 e. The molecular formula is C22H32N6O4. The van der Waals surface area contributed by atoms with Gasteiger partial charge >= 0.3 is 5.69 Å². The fourth-order valence-corrected chi connectivity index (χ4v) is 3.50. The van der Waals surface area contributed by atoms with E-state index in [9.17, 15) is 14.7 Å². The number of aryl methyl sites for hydroxylation is 2. The van der Waals surface area contributed by atoms with Crippen molar-refractivity contribution in [3.8, 4) is 5.75 Å². The van der Waals surface area contributed by atoms with Gasteiger partial charge in [0.1, 0.15) is 18.5 Å². The van der Waals surface area contributed by atoms with E-state index in [1.807, 2.05) is 31.2 Å². The highest BCUT2D eigenvalue weighted by Gasteiger charge is 2.20. The highest BCUT2D eigenvalue weighted by Crippen LogP contribution is 2.17. The number of aromatic nitrogens is 4. The van der Waals surface area contributed by atoms with Crippen LogP contribution in [0.2, 0.25) is 0 Å². The van der Waals surface area contributed by atoms with Crippen LogP contribution in [0, 0.1) is 6.92 Å². The SMILES string of the molecule is CCN(CC)CCNc1nc2c(c(=O)[nH]c(=O)n2C)n1CC(O)COc1ccc(C)cc1. The lowest BCUT2D eigenvalue weighted by Crippen LogP contribution is -2.31. The summed E-state index contributed by atoms with van der Waals surface area (Å²) >= 11 is 0. The van der Waals surface area contributed by atoms with E-state index in [-0.39, 0.29) is 24.3 Å². The van der Waals surface area contributed by atoms with Gasteiger partial charge in [0.25, 0.3) is 5.56 Å². The number of H-pyrrole nitrogens is 1. The van der Waals surface area contributed by atoms with Crippen molar-refractivity contribution in [1.29, 1.82) is 0 Å². The predicted octanol–water partition coefficient (Wildman–Crippen LogP) is 0.925. The number of nitrogens with zero attached hydrogens (tertiary/aromatic N) is 4. The third-order valence-electron chi connectivity index (χ3n) is 5.47. The zero-order valence-corrected chi connectivity index (χ0v) is 19.1. The number of fused-ring (bicyclic) bond motifs is 1. The van der Waals surface area contributed by atoms with Gasteiger partial charge in [-0.25, -0.2) is 4.79 Å². The first-order chi connectivity index (χ1) is 15.3. The molecule has 0 spiro atoms. The Balaban J connectivity index is 1.83. The van der Waals surface area contributed by atoms with Gasteiger partial charge in [-0.15, -0.1) is 0 Å². The van der Waals surface area contributed by atoms with E-state index in [0.717, 1.165) is 25.2 Å². The van der Waals surface area contributed by atoms with Crippen LogP contribution in [0.3, 0.4) is 0 Å². The summed E-state index contributed by atoms with van der Waals surface area (Å²) in [7, 11) is 1.55. The lowest BCUT2D eigenvalue weighted by Gasteiger charge is -2.19. The molecule has 32 heavy (non-hydrogen) atoms. The number of nitrogens with one attached hydrogen (secondary N) is 2. The predicted molar refractivity (Wildman–Crippen MR) is 125 cm³/mol. The normalized spacial score (nSPS) is 12.4. The van der Waals surface area contributed by atoms with Crippen LogP contribution in [-0.4, -0.2) is 68.0 Å². The number of aliphatic hydroxyl groups excluding tert-OH is 1. The number of anilines is 1. The first kappa shape index (κ1) is 23.6. The molecule has 1 aromatic carbocycles. The van der Waals surface area contributed by atoms with E-state index in [1.165, 1.54) is 4.57 Å². The summed E-state index contributed by atoms with van der Waals surface area (Å²) in [5.41, 5.74) is 0.528. The van der Waals surface area contributed by atoms with Crippen LogP contribution in [0.15, 0.2) is 33.9 Å². The highest BCUT2D eigenvalue weighted by molar-refractivity contribution is 5.74. The van der Waals surface area contributed by atoms with E-state index in [4.69, 9.17) is 4.74 Å². The van der Waals surface area contributed by atoms with Crippen molar-refractivity contribution in [1.82, 2.24) is 24.0 Å². The Bertz CT molecular complexity index is 1140. The Morgan fingerprint density at radius 1 is 1.22 bits per heavy atom. The number of hydrogen-bond donors (Lipinski definition) is 3. The van der Waals surface area contributed by atoms with Crippen molar-refractivity contribution < 1.29 is 9.84 Å². The summed E-state index contributed by atoms with van der Waals surface area (Å²) < 4.78 is 8.59. The third-order valence-corrected chi connectivity index (χ3v) is 5.47. The van der Waals surface area contributed by atoms with E-state index in [1.54, 1.807) is 11.6 Å². The number of ether oxygens (including phenoxy) is 1. The molecule has 0 bridgehead atoms. The average Bonchev–Trinajstić information content (AvgIpc) is 3.13. The summed E-state index contributed by atoms with van der Waals surface area (Å²) in [4.78, 5) is 33.6. The Morgan fingerprint density at radius 3 is 2.56 bits per heavy atom. The standard InChI is InChI=1S/C22H32N6O4/c1-5-27(6-2)12-11-23-21-24-19-18(20(30)25-22(31)26(19)4)28(21)13-16(29)14-32-17-9-7-15(3)8-10-17/h7-10,16,29H,5-6,11-14H2,1-4H3,(H,23,24)(H,25,30,31). The lowest BCUT2D eigenvalue weighted by molar-refractivity contribution is 0.0938. The minimum atomic E-state index is -0.895. The molecule has 0 amide bonds. The van der Waals surface area contributed by atoms with Gasteiger partial charge in [-0.3, -0.25) is 14.3 Å². The van der Waals surface area contributed by atoms with Gasteiger partial charge in [-0.05, 0) is 32.1 Å². The molecule has 3 aromatic rings. The number of benzene rings is 1. The van der Waals surface area contributed by atoms with Gasteiger partial charge in [0, 0.05) is 20.1 Å².